The zero-order valence-corrected chi connectivity index (χ0v) is 10.6. The van der Waals surface area contributed by atoms with Gasteiger partial charge in [-0.15, -0.1) is 0 Å². The van der Waals surface area contributed by atoms with Crippen LogP contribution < -0.4 is 10.5 Å². The van der Waals surface area contributed by atoms with Gasteiger partial charge in [0.25, 0.3) is 0 Å². The van der Waals surface area contributed by atoms with Crippen LogP contribution in [0.3, 0.4) is 0 Å². The fourth-order valence-electron chi connectivity index (χ4n) is 2.01. The molecule has 19 heavy (non-hydrogen) atoms. The predicted molar refractivity (Wildman–Crippen MR) is 74.4 cm³/mol. The summed E-state index contributed by atoms with van der Waals surface area (Å²) in [6.07, 6.45) is 3.51. The standard InChI is InChI=1S/C14H14N4O/c1-2-19-13-4-3-7-16-14(13)18-12-8-11(15)6-5-10(12)9-17-18/h3-9H,2,15H2,1H3. The number of benzene rings is 1. The van der Waals surface area contributed by atoms with E-state index in [4.69, 9.17) is 10.5 Å². The molecule has 0 unspecified atom stereocenters. The second-order valence-electron chi connectivity index (χ2n) is 4.13. The summed E-state index contributed by atoms with van der Waals surface area (Å²) in [7, 11) is 0. The smallest absolute Gasteiger partial charge is 0.196 e. The van der Waals surface area contributed by atoms with Gasteiger partial charge in [0, 0.05) is 17.3 Å². The summed E-state index contributed by atoms with van der Waals surface area (Å²) in [6, 6.07) is 9.40. The van der Waals surface area contributed by atoms with Gasteiger partial charge in [-0.25, -0.2) is 9.67 Å². The maximum absolute atomic E-state index is 5.83. The molecule has 0 atom stereocenters. The number of hydrogen-bond acceptors (Lipinski definition) is 4. The third-order valence-electron chi connectivity index (χ3n) is 2.85. The molecule has 3 rings (SSSR count). The van der Waals surface area contributed by atoms with Crippen LogP contribution in [0.25, 0.3) is 16.7 Å². The number of fused-ring (bicyclic) bond motifs is 1. The number of anilines is 1. The lowest BCUT2D eigenvalue weighted by molar-refractivity contribution is 0.337. The largest absolute Gasteiger partial charge is 0.490 e. The molecule has 0 aliphatic rings. The zero-order valence-electron chi connectivity index (χ0n) is 10.6. The van der Waals surface area contributed by atoms with E-state index in [2.05, 4.69) is 10.1 Å². The van der Waals surface area contributed by atoms with Crippen LogP contribution in [0, 0.1) is 0 Å². The van der Waals surface area contributed by atoms with Gasteiger partial charge < -0.3 is 10.5 Å². The first-order chi connectivity index (χ1) is 9.29. The van der Waals surface area contributed by atoms with E-state index in [0.717, 1.165) is 10.9 Å². The fourth-order valence-corrected chi connectivity index (χ4v) is 2.01. The van der Waals surface area contributed by atoms with Crippen LogP contribution >= 0.6 is 0 Å². The Morgan fingerprint density at radius 2 is 2.21 bits per heavy atom. The van der Waals surface area contributed by atoms with Crippen LogP contribution in [0.4, 0.5) is 5.69 Å². The number of ether oxygens (including phenoxy) is 1. The Morgan fingerprint density at radius 1 is 1.32 bits per heavy atom. The van der Waals surface area contributed by atoms with Crippen LogP contribution in [0.1, 0.15) is 6.92 Å². The third kappa shape index (κ3) is 1.99. The monoisotopic (exact) mass is 254 g/mol. The molecule has 2 aromatic heterocycles. The first kappa shape index (κ1) is 11.5. The van der Waals surface area contributed by atoms with E-state index in [1.54, 1.807) is 17.1 Å². The van der Waals surface area contributed by atoms with Gasteiger partial charge in [0.1, 0.15) is 0 Å². The van der Waals surface area contributed by atoms with E-state index in [9.17, 15) is 0 Å². The van der Waals surface area contributed by atoms with Gasteiger partial charge in [-0.2, -0.15) is 5.10 Å². The average molecular weight is 254 g/mol. The molecule has 0 aliphatic carbocycles. The van der Waals surface area contributed by atoms with Gasteiger partial charge in [0.15, 0.2) is 11.6 Å². The van der Waals surface area contributed by atoms with Crippen LogP contribution in [-0.2, 0) is 0 Å². The first-order valence-corrected chi connectivity index (χ1v) is 6.11. The van der Waals surface area contributed by atoms with Crippen molar-refractivity contribution in [3.63, 3.8) is 0 Å². The van der Waals surface area contributed by atoms with E-state index in [0.29, 0.717) is 23.9 Å². The Hall–Kier alpha value is -2.56. The summed E-state index contributed by atoms with van der Waals surface area (Å²) in [6.45, 7) is 2.52. The Bertz CT molecular complexity index is 720. The minimum atomic E-state index is 0.583. The molecule has 0 spiro atoms. The summed E-state index contributed by atoms with van der Waals surface area (Å²) in [5.74, 6) is 1.38. The van der Waals surface area contributed by atoms with Crippen molar-refractivity contribution >= 4 is 16.6 Å². The van der Waals surface area contributed by atoms with Crippen molar-refractivity contribution in [3.8, 4) is 11.6 Å². The topological polar surface area (TPSA) is 66.0 Å². The van der Waals surface area contributed by atoms with Crippen molar-refractivity contribution in [2.45, 2.75) is 6.92 Å². The number of nitrogens with zero attached hydrogens (tertiary/aromatic N) is 3. The van der Waals surface area contributed by atoms with Crippen molar-refractivity contribution < 1.29 is 4.74 Å². The molecule has 0 bridgehead atoms. The molecular formula is C14H14N4O. The minimum Gasteiger partial charge on any atom is -0.490 e. The second-order valence-corrected chi connectivity index (χ2v) is 4.13. The molecule has 96 valence electrons. The minimum absolute atomic E-state index is 0.583. The van der Waals surface area contributed by atoms with Gasteiger partial charge in [0.05, 0.1) is 18.3 Å². The molecule has 0 saturated heterocycles. The van der Waals surface area contributed by atoms with E-state index < -0.39 is 0 Å². The number of pyridine rings is 1. The SMILES string of the molecule is CCOc1cccnc1-n1ncc2ccc(N)cc21. The molecule has 3 aromatic rings. The maximum Gasteiger partial charge on any atom is 0.196 e. The van der Waals surface area contributed by atoms with E-state index >= 15 is 0 Å². The van der Waals surface area contributed by atoms with E-state index in [1.807, 2.05) is 37.3 Å². The Labute approximate surface area is 110 Å². The number of aromatic nitrogens is 3. The highest BCUT2D eigenvalue weighted by Crippen LogP contribution is 2.25. The molecule has 1 aromatic carbocycles. The molecule has 0 aliphatic heterocycles. The van der Waals surface area contributed by atoms with E-state index in [1.165, 1.54) is 0 Å². The lowest BCUT2D eigenvalue weighted by Gasteiger charge is -2.09. The third-order valence-corrected chi connectivity index (χ3v) is 2.85. The van der Waals surface area contributed by atoms with Crippen LogP contribution in [0.15, 0.2) is 42.7 Å². The fraction of sp³-hybridized carbons (Fsp3) is 0.143. The van der Waals surface area contributed by atoms with Gasteiger partial charge in [-0.05, 0) is 37.3 Å². The summed E-state index contributed by atoms with van der Waals surface area (Å²) >= 11 is 0. The predicted octanol–water partition coefficient (Wildman–Crippen LogP) is 2.40. The van der Waals surface area contributed by atoms with Crippen molar-refractivity contribution in [1.82, 2.24) is 14.8 Å². The molecule has 2 N–H and O–H groups in total. The normalized spacial score (nSPS) is 10.8. The average Bonchev–Trinajstić information content (AvgIpc) is 2.82. The molecule has 2 heterocycles. The Balaban J connectivity index is 2.21. The number of hydrogen-bond donors (Lipinski definition) is 1. The van der Waals surface area contributed by atoms with E-state index in [-0.39, 0.29) is 0 Å². The zero-order chi connectivity index (χ0) is 13.2. The summed E-state index contributed by atoms with van der Waals surface area (Å²) in [4.78, 5) is 4.35. The van der Waals surface area contributed by atoms with Crippen LogP contribution in [0.5, 0.6) is 5.75 Å². The highest BCUT2D eigenvalue weighted by Gasteiger charge is 2.11. The Kier molecular flexibility index (Phi) is 2.79. The van der Waals surface area contributed by atoms with Crippen molar-refractivity contribution in [1.29, 1.82) is 0 Å². The van der Waals surface area contributed by atoms with Crippen LogP contribution in [-0.4, -0.2) is 21.4 Å². The summed E-state index contributed by atoms with van der Waals surface area (Å²) in [5, 5.41) is 5.38. The molecular weight excluding hydrogens is 240 g/mol. The lowest BCUT2D eigenvalue weighted by atomic mass is 10.2. The second kappa shape index (κ2) is 4.61. The molecule has 0 amide bonds. The van der Waals surface area contributed by atoms with Gasteiger partial charge in [0.2, 0.25) is 0 Å². The van der Waals surface area contributed by atoms with Gasteiger partial charge in [-0.1, -0.05) is 0 Å². The van der Waals surface area contributed by atoms with Crippen molar-refractivity contribution in [3.05, 3.63) is 42.7 Å². The molecule has 0 fully saturated rings. The van der Waals surface area contributed by atoms with Crippen LogP contribution in [0.2, 0.25) is 0 Å². The first-order valence-electron chi connectivity index (χ1n) is 6.11. The summed E-state index contributed by atoms with van der Waals surface area (Å²) < 4.78 is 7.33. The number of nitrogens with two attached hydrogens (primary N) is 1. The van der Waals surface area contributed by atoms with Crippen molar-refractivity contribution in [2.24, 2.45) is 0 Å². The quantitative estimate of drug-likeness (QED) is 0.729. The molecule has 5 nitrogen and oxygen atoms in total. The molecule has 5 heteroatoms. The van der Waals surface area contributed by atoms with Crippen molar-refractivity contribution in [2.75, 3.05) is 12.3 Å². The molecule has 0 radical (unpaired) electrons. The molecule has 0 saturated carbocycles. The maximum atomic E-state index is 5.83. The highest BCUT2D eigenvalue weighted by atomic mass is 16.5. The van der Waals surface area contributed by atoms with Gasteiger partial charge >= 0.3 is 0 Å². The number of rotatable bonds is 3. The highest BCUT2D eigenvalue weighted by molar-refractivity contribution is 5.83. The Morgan fingerprint density at radius 3 is 3.05 bits per heavy atom. The van der Waals surface area contributed by atoms with Gasteiger partial charge in [-0.3, -0.25) is 0 Å². The summed E-state index contributed by atoms with van der Waals surface area (Å²) in [5.41, 5.74) is 7.45. The number of nitrogen functional groups attached to an aromatic ring is 1. The lowest BCUT2D eigenvalue weighted by Crippen LogP contribution is -2.04.